The molecular formula is C12H24N2O2. The van der Waals surface area contributed by atoms with Gasteiger partial charge in [-0.2, -0.15) is 0 Å². The fourth-order valence-corrected chi connectivity index (χ4v) is 2.21. The molecule has 1 rings (SSSR count). The molecule has 2 unspecified atom stereocenters. The molecule has 0 saturated heterocycles. The highest BCUT2D eigenvalue weighted by atomic mass is 16.5. The number of hydrogen-bond donors (Lipinski definition) is 1. The fraction of sp³-hybridized carbons (Fsp3) is 0.917. The van der Waals surface area contributed by atoms with Gasteiger partial charge in [-0.05, 0) is 19.8 Å². The smallest absolute Gasteiger partial charge is 0.227 e. The Morgan fingerprint density at radius 3 is 2.75 bits per heavy atom. The van der Waals surface area contributed by atoms with E-state index in [0.717, 1.165) is 25.7 Å². The first-order valence-electron chi connectivity index (χ1n) is 6.25. The van der Waals surface area contributed by atoms with Crippen molar-refractivity contribution in [3.63, 3.8) is 0 Å². The first-order chi connectivity index (χ1) is 7.66. The molecule has 1 saturated carbocycles. The van der Waals surface area contributed by atoms with E-state index in [9.17, 15) is 4.79 Å². The van der Waals surface area contributed by atoms with Crippen molar-refractivity contribution < 1.29 is 9.53 Å². The van der Waals surface area contributed by atoms with Crippen molar-refractivity contribution in [1.82, 2.24) is 4.90 Å². The van der Waals surface area contributed by atoms with Gasteiger partial charge in [0.25, 0.3) is 0 Å². The Bertz CT molecular complexity index is 221. The van der Waals surface area contributed by atoms with E-state index >= 15 is 0 Å². The second-order valence-corrected chi connectivity index (χ2v) is 4.51. The third-order valence-corrected chi connectivity index (χ3v) is 3.29. The third kappa shape index (κ3) is 3.76. The van der Waals surface area contributed by atoms with Gasteiger partial charge in [0, 0.05) is 26.2 Å². The van der Waals surface area contributed by atoms with Crippen LogP contribution in [0.15, 0.2) is 0 Å². The zero-order valence-electron chi connectivity index (χ0n) is 10.4. The summed E-state index contributed by atoms with van der Waals surface area (Å²) in [4.78, 5) is 13.8. The third-order valence-electron chi connectivity index (χ3n) is 3.29. The van der Waals surface area contributed by atoms with Crippen molar-refractivity contribution in [2.75, 3.05) is 26.8 Å². The molecule has 1 aliphatic carbocycles. The molecule has 4 nitrogen and oxygen atoms in total. The molecule has 0 aromatic heterocycles. The zero-order chi connectivity index (χ0) is 12.0. The van der Waals surface area contributed by atoms with Crippen molar-refractivity contribution in [1.29, 1.82) is 0 Å². The highest BCUT2D eigenvalue weighted by molar-refractivity contribution is 5.79. The summed E-state index contributed by atoms with van der Waals surface area (Å²) in [5.41, 5.74) is 5.99. The Morgan fingerprint density at radius 1 is 1.44 bits per heavy atom. The van der Waals surface area contributed by atoms with Crippen LogP contribution in [-0.2, 0) is 9.53 Å². The Morgan fingerprint density at radius 2 is 2.12 bits per heavy atom. The number of rotatable bonds is 5. The van der Waals surface area contributed by atoms with Crippen LogP contribution in [0.2, 0.25) is 0 Å². The topological polar surface area (TPSA) is 55.6 Å². The lowest BCUT2D eigenvalue weighted by Gasteiger charge is -2.31. The Balaban J connectivity index is 2.36. The average Bonchev–Trinajstić information content (AvgIpc) is 2.29. The monoisotopic (exact) mass is 228 g/mol. The van der Waals surface area contributed by atoms with Gasteiger partial charge in [0.1, 0.15) is 0 Å². The normalized spacial score (nSPS) is 25.4. The summed E-state index contributed by atoms with van der Waals surface area (Å²) >= 11 is 0. The van der Waals surface area contributed by atoms with Gasteiger partial charge in [0.2, 0.25) is 5.91 Å². The van der Waals surface area contributed by atoms with E-state index in [1.807, 2.05) is 14.0 Å². The highest BCUT2D eigenvalue weighted by Gasteiger charge is 2.29. The van der Waals surface area contributed by atoms with Gasteiger partial charge >= 0.3 is 0 Å². The fourth-order valence-electron chi connectivity index (χ4n) is 2.21. The number of carbonyl (C=O) groups excluding carboxylic acids is 1. The number of carbonyl (C=O) groups is 1. The maximum Gasteiger partial charge on any atom is 0.227 e. The van der Waals surface area contributed by atoms with E-state index in [0.29, 0.717) is 19.8 Å². The van der Waals surface area contributed by atoms with Gasteiger partial charge in [0.05, 0.1) is 12.5 Å². The molecule has 0 radical (unpaired) electrons. The van der Waals surface area contributed by atoms with E-state index in [2.05, 4.69) is 0 Å². The molecule has 0 aromatic carbocycles. The maximum atomic E-state index is 12.1. The van der Waals surface area contributed by atoms with Gasteiger partial charge in [0.15, 0.2) is 0 Å². The molecular weight excluding hydrogens is 204 g/mol. The summed E-state index contributed by atoms with van der Waals surface area (Å²) in [5.74, 6) is 0.215. The number of nitrogens with two attached hydrogens (primary N) is 1. The molecule has 1 fully saturated rings. The van der Waals surface area contributed by atoms with Crippen LogP contribution in [0, 0.1) is 5.92 Å². The molecule has 0 heterocycles. The predicted molar refractivity (Wildman–Crippen MR) is 64.1 cm³/mol. The van der Waals surface area contributed by atoms with Crippen LogP contribution in [0.4, 0.5) is 0 Å². The molecule has 4 heteroatoms. The minimum Gasteiger partial charge on any atom is -0.380 e. The Labute approximate surface area is 98.1 Å². The summed E-state index contributed by atoms with van der Waals surface area (Å²) in [6.07, 6.45) is 4.21. The molecule has 16 heavy (non-hydrogen) atoms. The SMILES string of the molecule is CCOCCN(C)C(=O)C1CCCCC1N. The molecule has 2 N–H and O–H groups in total. The van der Waals surface area contributed by atoms with Crippen LogP contribution in [0.1, 0.15) is 32.6 Å². The lowest BCUT2D eigenvalue weighted by atomic mass is 9.84. The van der Waals surface area contributed by atoms with E-state index in [-0.39, 0.29) is 17.9 Å². The molecule has 2 atom stereocenters. The zero-order valence-corrected chi connectivity index (χ0v) is 10.4. The predicted octanol–water partition coefficient (Wildman–Crippen LogP) is 0.999. The standard InChI is InChI=1S/C12H24N2O2/c1-3-16-9-8-14(2)12(15)10-6-4-5-7-11(10)13/h10-11H,3-9,13H2,1-2H3. The number of ether oxygens (including phenoxy) is 1. The van der Waals surface area contributed by atoms with Gasteiger partial charge in [-0.25, -0.2) is 0 Å². The molecule has 0 bridgehead atoms. The van der Waals surface area contributed by atoms with E-state index < -0.39 is 0 Å². The van der Waals surface area contributed by atoms with E-state index in [4.69, 9.17) is 10.5 Å². The Hall–Kier alpha value is -0.610. The Kier molecular flexibility index (Phi) is 5.77. The summed E-state index contributed by atoms with van der Waals surface area (Å²) in [5, 5.41) is 0. The van der Waals surface area contributed by atoms with Gasteiger partial charge in [-0.3, -0.25) is 4.79 Å². The maximum absolute atomic E-state index is 12.1. The van der Waals surface area contributed by atoms with Crippen LogP contribution < -0.4 is 5.73 Å². The minimum absolute atomic E-state index is 0.0281. The summed E-state index contributed by atoms with van der Waals surface area (Å²) < 4.78 is 5.24. The summed E-state index contributed by atoms with van der Waals surface area (Å²) in [6.45, 7) is 3.93. The summed E-state index contributed by atoms with van der Waals surface area (Å²) in [6, 6.07) is 0.0517. The largest absolute Gasteiger partial charge is 0.380 e. The second-order valence-electron chi connectivity index (χ2n) is 4.51. The minimum atomic E-state index is 0.0281. The average molecular weight is 228 g/mol. The van der Waals surface area contributed by atoms with Crippen LogP contribution >= 0.6 is 0 Å². The molecule has 0 aliphatic heterocycles. The molecule has 94 valence electrons. The first-order valence-corrected chi connectivity index (χ1v) is 6.25. The van der Waals surface area contributed by atoms with Crippen LogP contribution in [-0.4, -0.2) is 43.7 Å². The summed E-state index contributed by atoms with van der Waals surface area (Å²) in [7, 11) is 1.84. The van der Waals surface area contributed by atoms with E-state index in [1.165, 1.54) is 0 Å². The van der Waals surface area contributed by atoms with Crippen LogP contribution in [0.3, 0.4) is 0 Å². The molecule has 1 aliphatic rings. The first kappa shape index (κ1) is 13.5. The van der Waals surface area contributed by atoms with Crippen molar-refractivity contribution in [3.8, 4) is 0 Å². The number of nitrogens with zero attached hydrogens (tertiary/aromatic N) is 1. The number of hydrogen-bond acceptors (Lipinski definition) is 3. The molecule has 1 amide bonds. The van der Waals surface area contributed by atoms with Gasteiger partial charge < -0.3 is 15.4 Å². The van der Waals surface area contributed by atoms with Gasteiger partial charge in [-0.1, -0.05) is 12.8 Å². The molecule has 0 aromatic rings. The van der Waals surface area contributed by atoms with E-state index in [1.54, 1.807) is 4.90 Å². The lowest BCUT2D eigenvalue weighted by molar-refractivity contribution is -0.136. The molecule has 0 spiro atoms. The quantitative estimate of drug-likeness (QED) is 0.714. The number of likely N-dealkylation sites (N-methyl/N-ethyl adjacent to an activating group) is 1. The van der Waals surface area contributed by atoms with Crippen molar-refractivity contribution in [2.45, 2.75) is 38.6 Å². The van der Waals surface area contributed by atoms with Crippen molar-refractivity contribution >= 4 is 5.91 Å². The van der Waals surface area contributed by atoms with Crippen molar-refractivity contribution in [3.05, 3.63) is 0 Å². The van der Waals surface area contributed by atoms with Gasteiger partial charge in [-0.15, -0.1) is 0 Å². The van der Waals surface area contributed by atoms with Crippen molar-refractivity contribution in [2.24, 2.45) is 11.7 Å². The van der Waals surface area contributed by atoms with Crippen LogP contribution in [0.5, 0.6) is 0 Å². The second kappa shape index (κ2) is 6.86. The number of amides is 1. The lowest BCUT2D eigenvalue weighted by Crippen LogP contribution is -2.45. The van der Waals surface area contributed by atoms with Crippen LogP contribution in [0.25, 0.3) is 0 Å². The highest BCUT2D eigenvalue weighted by Crippen LogP contribution is 2.24.